The van der Waals surface area contributed by atoms with Crippen molar-refractivity contribution in [1.82, 2.24) is 25.5 Å². The first kappa shape index (κ1) is 19.2. The van der Waals surface area contributed by atoms with Crippen LogP contribution in [-0.4, -0.2) is 67.2 Å². The lowest BCUT2D eigenvalue weighted by Crippen LogP contribution is -2.45. The zero-order chi connectivity index (χ0) is 19.6. The van der Waals surface area contributed by atoms with Crippen LogP contribution in [-0.2, 0) is 6.18 Å². The van der Waals surface area contributed by atoms with Gasteiger partial charge in [-0.25, -0.2) is 4.98 Å². The van der Waals surface area contributed by atoms with Crippen molar-refractivity contribution in [2.45, 2.75) is 12.6 Å². The van der Waals surface area contributed by atoms with E-state index >= 15 is 0 Å². The number of nitrogens with one attached hydrogen (secondary N) is 4. The Morgan fingerprint density at radius 2 is 1.96 bits per heavy atom. The summed E-state index contributed by atoms with van der Waals surface area (Å²) in [4.78, 5) is 9.46. The minimum atomic E-state index is -4.46. The molecule has 28 heavy (non-hydrogen) atoms. The molecule has 0 saturated carbocycles. The number of pyridine rings is 1. The number of aromatic nitrogens is 2. The highest BCUT2D eigenvalue weighted by atomic mass is 19.4. The SMILES string of the molecule is FC(F)(F)c1cnc2[nH]c(C3=CCCNC3)cc2c1NCCN1CCNCC1. The number of nitrogens with zero attached hydrogens (tertiary/aromatic N) is 2. The summed E-state index contributed by atoms with van der Waals surface area (Å²) >= 11 is 0. The molecule has 9 heteroatoms. The van der Waals surface area contributed by atoms with Gasteiger partial charge in [-0.05, 0) is 24.6 Å². The maximum atomic E-state index is 13.6. The van der Waals surface area contributed by atoms with Gasteiger partial charge in [0.05, 0.1) is 11.3 Å². The van der Waals surface area contributed by atoms with Crippen LogP contribution in [0.15, 0.2) is 18.3 Å². The molecule has 152 valence electrons. The van der Waals surface area contributed by atoms with Crippen molar-refractivity contribution in [2.24, 2.45) is 0 Å². The molecule has 0 radical (unpaired) electrons. The van der Waals surface area contributed by atoms with Crippen LogP contribution in [0.5, 0.6) is 0 Å². The molecule has 2 aromatic rings. The number of anilines is 1. The normalized spacial score (nSPS) is 19.0. The van der Waals surface area contributed by atoms with Gasteiger partial charge in [0.15, 0.2) is 0 Å². The van der Waals surface area contributed by atoms with Gasteiger partial charge in [-0.15, -0.1) is 0 Å². The number of aromatic amines is 1. The summed E-state index contributed by atoms with van der Waals surface area (Å²) < 4.78 is 40.8. The minimum absolute atomic E-state index is 0.111. The Morgan fingerprint density at radius 3 is 2.68 bits per heavy atom. The van der Waals surface area contributed by atoms with Crippen molar-refractivity contribution in [1.29, 1.82) is 0 Å². The molecule has 0 bridgehead atoms. The lowest BCUT2D eigenvalue weighted by Gasteiger charge is -2.27. The monoisotopic (exact) mass is 394 g/mol. The number of rotatable bonds is 5. The van der Waals surface area contributed by atoms with E-state index in [-0.39, 0.29) is 5.69 Å². The third kappa shape index (κ3) is 4.16. The Labute approximate surface area is 161 Å². The number of halogens is 3. The molecule has 6 nitrogen and oxygen atoms in total. The fourth-order valence-corrected chi connectivity index (χ4v) is 3.78. The van der Waals surface area contributed by atoms with Crippen LogP contribution in [0.25, 0.3) is 16.6 Å². The van der Waals surface area contributed by atoms with Crippen molar-refractivity contribution in [2.75, 3.05) is 57.7 Å². The Balaban J connectivity index is 1.62. The lowest BCUT2D eigenvalue weighted by molar-refractivity contribution is -0.137. The molecule has 0 amide bonds. The van der Waals surface area contributed by atoms with E-state index in [2.05, 4.69) is 36.9 Å². The van der Waals surface area contributed by atoms with Crippen molar-refractivity contribution >= 4 is 22.3 Å². The summed E-state index contributed by atoms with van der Waals surface area (Å²) in [5.74, 6) is 0. The molecule has 0 atom stereocenters. The smallest absolute Gasteiger partial charge is 0.383 e. The summed E-state index contributed by atoms with van der Waals surface area (Å²) in [5, 5.41) is 10.1. The number of H-pyrrole nitrogens is 1. The molecule has 2 aromatic heterocycles. The second-order valence-electron chi connectivity index (χ2n) is 7.20. The number of hydrogen-bond acceptors (Lipinski definition) is 5. The first-order chi connectivity index (χ1) is 13.5. The zero-order valence-corrected chi connectivity index (χ0v) is 15.6. The van der Waals surface area contributed by atoms with Gasteiger partial charge < -0.3 is 20.9 Å². The molecule has 4 heterocycles. The molecule has 4 N–H and O–H groups in total. The van der Waals surface area contributed by atoms with Gasteiger partial charge in [-0.1, -0.05) is 6.08 Å². The summed E-state index contributed by atoms with van der Waals surface area (Å²) in [5.41, 5.74) is 1.74. The highest BCUT2D eigenvalue weighted by Gasteiger charge is 2.35. The number of piperazine rings is 1. The van der Waals surface area contributed by atoms with Crippen LogP contribution in [0.2, 0.25) is 0 Å². The van der Waals surface area contributed by atoms with Crippen LogP contribution >= 0.6 is 0 Å². The summed E-state index contributed by atoms with van der Waals surface area (Å²) in [6.45, 7) is 6.42. The number of hydrogen-bond donors (Lipinski definition) is 4. The highest BCUT2D eigenvalue weighted by Crippen LogP contribution is 2.38. The summed E-state index contributed by atoms with van der Waals surface area (Å²) in [6, 6.07) is 1.78. The van der Waals surface area contributed by atoms with Gasteiger partial charge in [-0.2, -0.15) is 13.2 Å². The highest BCUT2D eigenvalue weighted by molar-refractivity contribution is 5.94. The van der Waals surface area contributed by atoms with Gasteiger partial charge in [-0.3, -0.25) is 4.90 Å². The molecular weight excluding hydrogens is 369 g/mol. The lowest BCUT2D eigenvalue weighted by atomic mass is 10.1. The number of alkyl halides is 3. The summed E-state index contributed by atoms with van der Waals surface area (Å²) in [6.07, 6.45) is -0.518. The first-order valence-corrected chi connectivity index (χ1v) is 9.68. The molecule has 4 rings (SSSR count). The Morgan fingerprint density at radius 1 is 1.14 bits per heavy atom. The maximum absolute atomic E-state index is 13.6. The molecule has 0 aliphatic carbocycles. The molecule has 0 aromatic carbocycles. The third-order valence-corrected chi connectivity index (χ3v) is 5.28. The van der Waals surface area contributed by atoms with Crippen molar-refractivity contribution in [3.8, 4) is 0 Å². The zero-order valence-electron chi connectivity index (χ0n) is 15.6. The quantitative estimate of drug-likeness (QED) is 0.627. The summed E-state index contributed by atoms with van der Waals surface area (Å²) in [7, 11) is 0. The fourth-order valence-electron chi connectivity index (χ4n) is 3.78. The second kappa shape index (κ2) is 8.10. The van der Waals surface area contributed by atoms with Gasteiger partial charge in [0.25, 0.3) is 0 Å². The van der Waals surface area contributed by atoms with Gasteiger partial charge in [0.1, 0.15) is 5.65 Å². The Kier molecular flexibility index (Phi) is 5.56. The molecular formula is C19H25F3N6. The first-order valence-electron chi connectivity index (χ1n) is 9.68. The van der Waals surface area contributed by atoms with Crippen LogP contribution in [0.1, 0.15) is 17.7 Å². The largest absolute Gasteiger partial charge is 0.419 e. The van der Waals surface area contributed by atoms with E-state index in [1.807, 2.05) is 0 Å². The van der Waals surface area contributed by atoms with E-state index in [9.17, 15) is 13.2 Å². The Hall–Kier alpha value is -2.10. The third-order valence-electron chi connectivity index (χ3n) is 5.28. The average Bonchev–Trinajstić information content (AvgIpc) is 3.13. The minimum Gasteiger partial charge on any atom is -0.383 e. The average molecular weight is 394 g/mol. The Bertz CT molecular complexity index is 851. The van der Waals surface area contributed by atoms with E-state index in [1.54, 1.807) is 6.07 Å². The van der Waals surface area contributed by atoms with E-state index in [1.165, 1.54) is 0 Å². The van der Waals surface area contributed by atoms with Crippen LogP contribution < -0.4 is 16.0 Å². The van der Waals surface area contributed by atoms with Crippen LogP contribution in [0.3, 0.4) is 0 Å². The fraction of sp³-hybridized carbons (Fsp3) is 0.526. The molecule has 2 aliphatic rings. The second-order valence-corrected chi connectivity index (χ2v) is 7.20. The molecule has 0 unspecified atom stereocenters. The topological polar surface area (TPSA) is 68.0 Å². The standard InChI is InChI=1S/C19H25F3N6/c20-19(21,22)15-12-26-18-14(10-16(27-18)13-2-1-3-24-11-13)17(15)25-6-9-28-7-4-23-5-8-28/h2,10,12,23-24H,1,3-9,11H2,(H2,25,26,27). The van der Waals surface area contributed by atoms with E-state index in [0.29, 0.717) is 30.7 Å². The maximum Gasteiger partial charge on any atom is 0.419 e. The van der Waals surface area contributed by atoms with Gasteiger partial charge in [0, 0.05) is 63.1 Å². The van der Waals surface area contributed by atoms with Crippen molar-refractivity contribution in [3.63, 3.8) is 0 Å². The van der Waals surface area contributed by atoms with E-state index in [0.717, 1.165) is 56.6 Å². The van der Waals surface area contributed by atoms with Crippen molar-refractivity contribution < 1.29 is 13.2 Å². The van der Waals surface area contributed by atoms with E-state index < -0.39 is 11.7 Å². The van der Waals surface area contributed by atoms with Crippen LogP contribution in [0, 0.1) is 0 Å². The van der Waals surface area contributed by atoms with Crippen molar-refractivity contribution in [3.05, 3.63) is 29.6 Å². The van der Waals surface area contributed by atoms with Gasteiger partial charge in [0.2, 0.25) is 0 Å². The van der Waals surface area contributed by atoms with E-state index in [4.69, 9.17) is 0 Å². The molecule has 0 spiro atoms. The van der Waals surface area contributed by atoms with Crippen LogP contribution in [0.4, 0.5) is 18.9 Å². The molecule has 1 saturated heterocycles. The predicted octanol–water partition coefficient (Wildman–Crippen LogP) is 2.28. The molecule has 1 fully saturated rings. The predicted molar refractivity (Wildman–Crippen MR) is 104 cm³/mol. The van der Waals surface area contributed by atoms with Gasteiger partial charge >= 0.3 is 6.18 Å². The number of fused-ring (bicyclic) bond motifs is 1. The molecule has 2 aliphatic heterocycles.